The molecule has 72 heavy (non-hydrogen) atoms. The van der Waals surface area contributed by atoms with E-state index in [9.17, 15) is 24.0 Å². The highest BCUT2D eigenvalue weighted by atomic mass is 16.7. The summed E-state index contributed by atoms with van der Waals surface area (Å²) in [5.41, 5.74) is 5.44. The normalized spacial score (nSPS) is 25.1. The Bertz CT molecular complexity index is 2320. The van der Waals surface area contributed by atoms with Crippen molar-refractivity contribution < 1.29 is 38.2 Å². The molecule has 3 fully saturated rings. The molecule has 4 aliphatic rings. The number of anilines is 1. The van der Waals surface area contributed by atoms with Crippen LogP contribution in [0.15, 0.2) is 90.5 Å². The van der Waals surface area contributed by atoms with Gasteiger partial charge >= 0.3 is 6.16 Å². The van der Waals surface area contributed by atoms with Crippen LogP contribution in [-0.2, 0) is 41.7 Å². The number of amides is 4. The van der Waals surface area contributed by atoms with E-state index in [1.807, 2.05) is 49.4 Å². The van der Waals surface area contributed by atoms with Gasteiger partial charge < -0.3 is 35.5 Å². The monoisotopic (exact) mass is 987 g/mol. The molecule has 0 radical (unpaired) electrons. The van der Waals surface area contributed by atoms with Crippen LogP contribution in [0, 0.1) is 53.3 Å². The molecule has 0 spiro atoms. The second kappa shape index (κ2) is 25.4. The van der Waals surface area contributed by atoms with E-state index < -0.39 is 29.9 Å². The number of carbonyl (C=O) groups excluding carboxylic acids is 5. The van der Waals surface area contributed by atoms with Gasteiger partial charge in [0.15, 0.2) is 0 Å². The summed E-state index contributed by atoms with van der Waals surface area (Å²) in [6, 6.07) is 22.0. The molecule has 0 heterocycles. The van der Waals surface area contributed by atoms with Gasteiger partial charge in [0.05, 0.1) is 12.6 Å². The second-order valence-electron chi connectivity index (χ2n) is 22.5. The van der Waals surface area contributed by atoms with Crippen molar-refractivity contribution in [2.24, 2.45) is 46.3 Å². The Morgan fingerprint density at radius 3 is 2.25 bits per heavy atom. The average molecular weight is 987 g/mol. The summed E-state index contributed by atoms with van der Waals surface area (Å²) in [5, 5.41) is 11.1. The molecule has 4 amide bonds. The van der Waals surface area contributed by atoms with Crippen molar-refractivity contribution in [3.63, 3.8) is 0 Å². The number of nitrogens with one attached hydrogen (secondary N) is 4. The van der Waals surface area contributed by atoms with Crippen molar-refractivity contribution in [3.8, 4) is 5.75 Å². The van der Waals surface area contributed by atoms with E-state index in [4.69, 9.17) is 14.2 Å². The molecule has 7 rings (SSSR count). The van der Waals surface area contributed by atoms with Gasteiger partial charge in [0.2, 0.25) is 23.6 Å². The van der Waals surface area contributed by atoms with Gasteiger partial charge in [0.1, 0.15) is 18.4 Å². The van der Waals surface area contributed by atoms with Gasteiger partial charge in [-0.05, 0) is 146 Å². The molecule has 3 saturated carbocycles. The van der Waals surface area contributed by atoms with Gasteiger partial charge in [-0.2, -0.15) is 0 Å². The molecule has 9 atom stereocenters. The lowest BCUT2D eigenvalue weighted by Crippen LogP contribution is -2.51. The standard InChI is InChI=1S/C60H82N4O8/c1-40(2)12-10-13-42(4)50-26-27-51-49-25-20-45-37-48(30-32-59(45,5)52(49)31-33-60(50,51)6)70-35-11-34-61-54(65)28-29-55(66)64-53(36-43-14-8-7-9-15-43)57(68)62-38-56(67)63-46-21-18-44(19-22-46)39-71-58(69)72-47-23-16-41(3)17-24-47/h7-9,14-24,40,42,48-53H,10-13,25-39H2,1-6H3,(H,61,65)(H,62,68)(H,63,67)(H,64,66)/t42-,48+,49+,50-,51+,52+,53+,59+,60-/m1/s1. The lowest BCUT2D eigenvalue weighted by atomic mass is 9.47. The predicted molar refractivity (Wildman–Crippen MR) is 282 cm³/mol. The lowest BCUT2D eigenvalue weighted by Gasteiger charge is -2.58. The maximum absolute atomic E-state index is 13.4. The van der Waals surface area contributed by atoms with E-state index in [-0.39, 0.29) is 49.8 Å². The van der Waals surface area contributed by atoms with E-state index >= 15 is 0 Å². The first-order valence-corrected chi connectivity index (χ1v) is 27.1. The minimum atomic E-state index is -0.968. The minimum absolute atomic E-state index is 0.0211. The molecule has 0 aromatic heterocycles. The number of aryl methyl sites for hydroxylation is 1. The molecule has 12 heteroatoms. The third kappa shape index (κ3) is 14.6. The number of allylic oxidation sites excluding steroid dienone is 1. The zero-order chi connectivity index (χ0) is 51.3. The molecule has 4 N–H and O–H groups in total. The largest absolute Gasteiger partial charge is 0.514 e. The van der Waals surface area contributed by atoms with Crippen LogP contribution in [0.3, 0.4) is 0 Å². The zero-order valence-corrected chi connectivity index (χ0v) is 43.9. The zero-order valence-electron chi connectivity index (χ0n) is 43.9. The van der Waals surface area contributed by atoms with Gasteiger partial charge in [-0.25, -0.2) is 4.79 Å². The molecular weight excluding hydrogens is 905 g/mol. The van der Waals surface area contributed by atoms with Crippen molar-refractivity contribution in [2.45, 2.75) is 157 Å². The van der Waals surface area contributed by atoms with Gasteiger partial charge in [-0.1, -0.05) is 126 Å². The van der Waals surface area contributed by atoms with Crippen LogP contribution in [-0.4, -0.2) is 61.6 Å². The van der Waals surface area contributed by atoms with Gasteiger partial charge in [0.25, 0.3) is 0 Å². The molecule has 0 saturated heterocycles. The van der Waals surface area contributed by atoms with E-state index in [0.29, 0.717) is 42.0 Å². The van der Waals surface area contributed by atoms with Crippen LogP contribution in [0.25, 0.3) is 0 Å². The molecule has 3 aromatic rings. The van der Waals surface area contributed by atoms with E-state index in [2.05, 4.69) is 62.0 Å². The third-order valence-electron chi connectivity index (χ3n) is 17.0. The summed E-state index contributed by atoms with van der Waals surface area (Å²) in [4.78, 5) is 64.3. The summed E-state index contributed by atoms with van der Waals surface area (Å²) in [6.07, 6.45) is 17.0. The van der Waals surface area contributed by atoms with Crippen LogP contribution in [0.1, 0.15) is 141 Å². The molecule has 3 aromatic carbocycles. The highest BCUT2D eigenvalue weighted by Gasteiger charge is 2.59. The van der Waals surface area contributed by atoms with Crippen LogP contribution < -0.4 is 26.0 Å². The number of hydrogen-bond acceptors (Lipinski definition) is 8. The number of carbonyl (C=O) groups is 5. The van der Waals surface area contributed by atoms with Crippen molar-refractivity contribution in [3.05, 3.63) is 107 Å². The maximum Gasteiger partial charge on any atom is 0.514 e. The number of rotatable bonds is 23. The van der Waals surface area contributed by atoms with Crippen LogP contribution in [0.2, 0.25) is 0 Å². The lowest BCUT2D eigenvalue weighted by molar-refractivity contribution is -0.130. The summed E-state index contributed by atoms with van der Waals surface area (Å²) in [5.74, 6) is 3.67. The second-order valence-corrected chi connectivity index (χ2v) is 22.5. The number of benzene rings is 3. The van der Waals surface area contributed by atoms with Crippen molar-refractivity contribution >= 4 is 35.5 Å². The van der Waals surface area contributed by atoms with Crippen LogP contribution >= 0.6 is 0 Å². The highest BCUT2D eigenvalue weighted by molar-refractivity contribution is 5.96. The van der Waals surface area contributed by atoms with Crippen LogP contribution in [0.4, 0.5) is 10.5 Å². The quantitative estimate of drug-likeness (QED) is 0.0316. The smallest absolute Gasteiger partial charge is 0.429 e. The highest BCUT2D eigenvalue weighted by Crippen LogP contribution is 2.67. The Morgan fingerprint density at radius 2 is 1.50 bits per heavy atom. The number of ether oxygens (including phenoxy) is 3. The first kappa shape index (κ1) is 54.3. The van der Waals surface area contributed by atoms with E-state index in [1.165, 1.54) is 57.8 Å². The fourth-order valence-corrected chi connectivity index (χ4v) is 13.0. The predicted octanol–water partition coefficient (Wildman–Crippen LogP) is 11.2. The molecule has 0 aliphatic heterocycles. The Kier molecular flexibility index (Phi) is 19.2. The Balaban J connectivity index is 0.785. The number of hydrogen-bond donors (Lipinski definition) is 4. The fraction of sp³-hybridized carbons (Fsp3) is 0.583. The molecular formula is C60H82N4O8. The van der Waals surface area contributed by atoms with Gasteiger partial charge in [-0.3, -0.25) is 19.2 Å². The van der Waals surface area contributed by atoms with Crippen molar-refractivity contribution in [2.75, 3.05) is 25.0 Å². The molecule has 12 nitrogen and oxygen atoms in total. The summed E-state index contributed by atoms with van der Waals surface area (Å²) < 4.78 is 16.8. The molecule has 390 valence electrons. The summed E-state index contributed by atoms with van der Waals surface area (Å²) >= 11 is 0. The summed E-state index contributed by atoms with van der Waals surface area (Å²) in [6.45, 7) is 15.1. The topological polar surface area (TPSA) is 161 Å². The maximum atomic E-state index is 13.4. The first-order chi connectivity index (χ1) is 34.6. The Hall–Kier alpha value is -5.49. The minimum Gasteiger partial charge on any atom is -0.429 e. The fourth-order valence-electron chi connectivity index (χ4n) is 13.0. The SMILES string of the molecule is Cc1ccc(OC(=O)OCc2ccc(NC(=O)CNC(=O)[C@H](Cc3ccccc3)NC(=O)CCC(=O)NCCCO[C@H]3CC[C@@]4(C)C(=CC[C@H]5[C@@H]6CC[C@H]([C@H](C)CCCC(C)C)[C@@]6(C)CC[C@@H]54)C3)cc2)cc1. The summed E-state index contributed by atoms with van der Waals surface area (Å²) in [7, 11) is 0. The Morgan fingerprint density at radius 1 is 0.750 bits per heavy atom. The first-order valence-electron chi connectivity index (χ1n) is 27.1. The van der Waals surface area contributed by atoms with Crippen LogP contribution in [0.5, 0.6) is 5.75 Å². The van der Waals surface area contributed by atoms with E-state index in [0.717, 1.165) is 59.5 Å². The number of fused-ring (bicyclic) bond motifs is 5. The Labute approximate surface area is 429 Å². The van der Waals surface area contributed by atoms with Gasteiger partial charge in [-0.15, -0.1) is 0 Å². The molecule has 0 bridgehead atoms. The van der Waals surface area contributed by atoms with Crippen molar-refractivity contribution in [1.29, 1.82) is 0 Å². The molecule has 4 aliphatic carbocycles. The molecule has 0 unspecified atom stereocenters. The van der Waals surface area contributed by atoms with Gasteiger partial charge in [0, 0.05) is 38.1 Å². The third-order valence-corrected chi connectivity index (χ3v) is 17.0. The van der Waals surface area contributed by atoms with E-state index in [1.54, 1.807) is 42.0 Å². The van der Waals surface area contributed by atoms with Crippen molar-refractivity contribution in [1.82, 2.24) is 16.0 Å². The average Bonchev–Trinajstić information content (AvgIpc) is 3.72.